The first-order chi connectivity index (χ1) is 13.3. The number of pyridine rings is 2. The van der Waals surface area contributed by atoms with Gasteiger partial charge in [-0.15, -0.1) is 0 Å². The Morgan fingerprint density at radius 2 is 1.52 bits per heavy atom. The Kier molecular flexibility index (Phi) is 4.57. The van der Waals surface area contributed by atoms with E-state index in [1.807, 2.05) is 48.5 Å². The van der Waals surface area contributed by atoms with Crippen LogP contribution in [-0.2, 0) is 0 Å². The zero-order valence-corrected chi connectivity index (χ0v) is 14.2. The predicted molar refractivity (Wildman–Crippen MR) is 102 cm³/mol. The number of rotatable bonds is 5. The van der Waals surface area contributed by atoms with E-state index in [-0.39, 0.29) is 5.76 Å². The van der Waals surface area contributed by atoms with Gasteiger partial charge in [0.2, 0.25) is 5.76 Å². The van der Waals surface area contributed by atoms with Crippen LogP contribution in [0.15, 0.2) is 83.8 Å². The molecule has 0 radical (unpaired) electrons. The quantitative estimate of drug-likeness (QED) is 0.558. The number of carbonyl (C=O) groups excluding carboxylic acids is 1. The van der Waals surface area contributed by atoms with Gasteiger partial charge in [0.25, 0.3) is 5.91 Å². The summed E-state index contributed by atoms with van der Waals surface area (Å²) in [6.07, 6.45) is 4.78. The lowest BCUT2D eigenvalue weighted by molar-refractivity contribution is 0.0987. The number of carbonyl (C=O) groups is 1. The Morgan fingerprint density at radius 3 is 2.22 bits per heavy atom. The van der Waals surface area contributed by atoms with E-state index in [0.29, 0.717) is 5.82 Å². The average Bonchev–Trinajstić information content (AvgIpc) is 3.24. The van der Waals surface area contributed by atoms with Crippen LogP contribution in [0.25, 0.3) is 11.1 Å². The van der Waals surface area contributed by atoms with Crippen molar-refractivity contribution < 1.29 is 9.32 Å². The lowest BCUT2D eigenvalue weighted by Crippen LogP contribution is -2.12. The third-order valence-corrected chi connectivity index (χ3v) is 3.80. The summed E-state index contributed by atoms with van der Waals surface area (Å²) in [6, 6.07) is 18.8. The van der Waals surface area contributed by atoms with E-state index in [4.69, 9.17) is 4.52 Å². The Hall–Kier alpha value is -4.00. The highest BCUT2D eigenvalue weighted by Crippen LogP contribution is 2.24. The molecule has 0 bridgehead atoms. The van der Waals surface area contributed by atoms with Crippen LogP contribution in [-0.4, -0.2) is 21.0 Å². The number of nitrogens with zero attached hydrogens (tertiary/aromatic N) is 3. The van der Waals surface area contributed by atoms with Crippen LogP contribution >= 0.6 is 0 Å². The monoisotopic (exact) mass is 357 g/mol. The summed E-state index contributed by atoms with van der Waals surface area (Å²) in [5.41, 5.74) is 2.80. The van der Waals surface area contributed by atoms with Crippen LogP contribution in [0.3, 0.4) is 0 Å². The first kappa shape index (κ1) is 16.5. The van der Waals surface area contributed by atoms with Crippen LogP contribution in [0.1, 0.15) is 10.6 Å². The number of benzene rings is 1. The molecule has 4 aromatic rings. The molecule has 1 amide bonds. The van der Waals surface area contributed by atoms with E-state index in [1.165, 1.54) is 12.3 Å². The second-order valence-corrected chi connectivity index (χ2v) is 5.68. The minimum Gasteiger partial charge on any atom is -0.351 e. The Balaban J connectivity index is 1.55. The number of anilines is 3. The van der Waals surface area contributed by atoms with Gasteiger partial charge >= 0.3 is 0 Å². The van der Waals surface area contributed by atoms with E-state index in [0.717, 1.165) is 22.6 Å². The van der Waals surface area contributed by atoms with Crippen molar-refractivity contribution in [3.63, 3.8) is 0 Å². The van der Waals surface area contributed by atoms with E-state index in [1.54, 1.807) is 18.5 Å². The van der Waals surface area contributed by atoms with Crippen molar-refractivity contribution in [2.24, 2.45) is 0 Å². The average molecular weight is 357 g/mol. The number of para-hydroxylation sites is 1. The lowest BCUT2D eigenvalue weighted by atomic mass is 10.1. The predicted octanol–water partition coefficient (Wildman–Crippen LogP) is 4.13. The molecule has 0 saturated carbocycles. The Labute approximate surface area is 155 Å². The molecule has 0 aliphatic carbocycles. The molecule has 3 aromatic heterocycles. The van der Waals surface area contributed by atoms with Gasteiger partial charge in [0, 0.05) is 24.1 Å². The smallest absolute Gasteiger partial charge is 0.295 e. The molecule has 7 heteroatoms. The molecular formula is C20H15N5O2. The van der Waals surface area contributed by atoms with Crippen molar-refractivity contribution in [1.82, 2.24) is 15.1 Å². The molecular weight excluding hydrogens is 342 g/mol. The maximum atomic E-state index is 12.1. The van der Waals surface area contributed by atoms with Gasteiger partial charge < -0.3 is 15.2 Å². The summed E-state index contributed by atoms with van der Waals surface area (Å²) in [6.45, 7) is 0. The van der Waals surface area contributed by atoms with Crippen molar-refractivity contribution in [1.29, 1.82) is 0 Å². The van der Waals surface area contributed by atoms with Gasteiger partial charge in [-0.25, -0.2) is 9.97 Å². The third kappa shape index (κ3) is 3.98. The molecule has 0 spiro atoms. The lowest BCUT2D eigenvalue weighted by Gasteiger charge is -2.09. The van der Waals surface area contributed by atoms with Crippen molar-refractivity contribution in [2.45, 2.75) is 0 Å². The summed E-state index contributed by atoms with van der Waals surface area (Å²) in [4.78, 5) is 20.6. The van der Waals surface area contributed by atoms with Crippen molar-refractivity contribution >= 4 is 23.2 Å². The van der Waals surface area contributed by atoms with Crippen LogP contribution in [0.4, 0.5) is 17.3 Å². The number of nitrogens with one attached hydrogen (secondary N) is 2. The van der Waals surface area contributed by atoms with Crippen LogP contribution < -0.4 is 10.6 Å². The van der Waals surface area contributed by atoms with Crippen LogP contribution in [0.2, 0.25) is 0 Å². The van der Waals surface area contributed by atoms with Gasteiger partial charge in [-0.2, -0.15) is 0 Å². The molecule has 4 rings (SSSR count). The SMILES string of the molecule is O=C(Nc1cc(-c2ccnc(Nc3ccccc3)c2)ccn1)c1ccno1. The minimum atomic E-state index is -0.404. The Bertz CT molecular complexity index is 1050. The molecule has 0 aliphatic rings. The molecule has 0 saturated heterocycles. The van der Waals surface area contributed by atoms with Gasteiger partial charge in [0.1, 0.15) is 11.6 Å². The maximum absolute atomic E-state index is 12.1. The van der Waals surface area contributed by atoms with E-state index in [2.05, 4.69) is 25.8 Å². The molecule has 0 fully saturated rings. The molecule has 0 unspecified atom stereocenters. The first-order valence-corrected chi connectivity index (χ1v) is 8.24. The van der Waals surface area contributed by atoms with Crippen molar-refractivity contribution in [3.8, 4) is 11.1 Å². The summed E-state index contributed by atoms with van der Waals surface area (Å²) in [5, 5.41) is 9.48. The molecule has 0 atom stereocenters. The largest absolute Gasteiger partial charge is 0.351 e. The maximum Gasteiger partial charge on any atom is 0.295 e. The molecule has 132 valence electrons. The molecule has 1 aromatic carbocycles. The van der Waals surface area contributed by atoms with Gasteiger partial charge in [0.15, 0.2) is 0 Å². The van der Waals surface area contributed by atoms with Crippen LogP contribution in [0, 0.1) is 0 Å². The van der Waals surface area contributed by atoms with Gasteiger partial charge in [-0.3, -0.25) is 4.79 Å². The normalized spacial score (nSPS) is 10.4. The fourth-order valence-corrected chi connectivity index (χ4v) is 2.54. The zero-order valence-electron chi connectivity index (χ0n) is 14.2. The van der Waals surface area contributed by atoms with E-state index in [9.17, 15) is 4.79 Å². The number of amides is 1. The zero-order chi connectivity index (χ0) is 18.5. The molecule has 0 aliphatic heterocycles. The number of hydrogen-bond acceptors (Lipinski definition) is 6. The fraction of sp³-hybridized carbons (Fsp3) is 0. The van der Waals surface area contributed by atoms with Crippen molar-refractivity contribution in [3.05, 3.63) is 85.0 Å². The second-order valence-electron chi connectivity index (χ2n) is 5.68. The van der Waals surface area contributed by atoms with Gasteiger partial charge in [-0.05, 0) is 47.5 Å². The Morgan fingerprint density at radius 1 is 0.815 bits per heavy atom. The first-order valence-electron chi connectivity index (χ1n) is 8.24. The van der Waals surface area contributed by atoms with Crippen LogP contribution in [0.5, 0.6) is 0 Å². The summed E-state index contributed by atoms with van der Waals surface area (Å²) in [5.74, 6) is 0.866. The number of hydrogen-bond donors (Lipinski definition) is 2. The summed E-state index contributed by atoms with van der Waals surface area (Å²) >= 11 is 0. The standard InChI is InChI=1S/C20H15N5O2/c26-20(17-8-11-23-27-17)25-19-13-15(7-10-22-19)14-6-9-21-18(12-14)24-16-4-2-1-3-5-16/h1-13H,(H,21,24)(H,22,25,26). The molecule has 7 nitrogen and oxygen atoms in total. The highest BCUT2D eigenvalue weighted by atomic mass is 16.5. The number of aromatic nitrogens is 3. The van der Waals surface area contributed by atoms with Crippen molar-refractivity contribution in [2.75, 3.05) is 10.6 Å². The third-order valence-electron chi connectivity index (χ3n) is 3.80. The topological polar surface area (TPSA) is 92.9 Å². The second kappa shape index (κ2) is 7.49. The minimum absolute atomic E-state index is 0.125. The highest BCUT2D eigenvalue weighted by molar-refractivity contribution is 6.01. The molecule has 2 N–H and O–H groups in total. The fourth-order valence-electron chi connectivity index (χ4n) is 2.54. The highest BCUT2D eigenvalue weighted by Gasteiger charge is 2.11. The molecule has 3 heterocycles. The summed E-state index contributed by atoms with van der Waals surface area (Å²) in [7, 11) is 0. The van der Waals surface area contributed by atoms with Gasteiger partial charge in [-0.1, -0.05) is 23.4 Å². The van der Waals surface area contributed by atoms with Gasteiger partial charge in [0.05, 0.1) is 6.20 Å². The summed E-state index contributed by atoms with van der Waals surface area (Å²) < 4.78 is 4.85. The van der Waals surface area contributed by atoms with E-state index >= 15 is 0 Å². The van der Waals surface area contributed by atoms with E-state index < -0.39 is 5.91 Å². The molecule has 27 heavy (non-hydrogen) atoms.